The quantitative estimate of drug-likeness (QED) is 0.464. The smallest absolute Gasteiger partial charge is 0.320 e. The van der Waals surface area contributed by atoms with Crippen LogP contribution in [-0.4, -0.2) is 34.1 Å². The lowest BCUT2D eigenvalue weighted by molar-refractivity contribution is 0.252. The highest BCUT2D eigenvalue weighted by Gasteiger charge is 2.06. The molecule has 7 nitrogen and oxygen atoms in total. The maximum atomic E-state index is 12.1. The molecule has 7 heteroatoms. The van der Waals surface area contributed by atoms with Crippen LogP contribution in [0.2, 0.25) is 0 Å². The summed E-state index contributed by atoms with van der Waals surface area (Å²) in [6.45, 7) is 3.53. The Kier molecular flexibility index (Phi) is 7.12. The van der Waals surface area contributed by atoms with Crippen molar-refractivity contribution in [1.29, 1.82) is 0 Å². The lowest BCUT2D eigenvalue weighted by Crippen LogP contribution is -2.29. The number of benzene rings is 1. The molecule has 2 aromatic heterocycles. The number of nitrogens with zero attached hydrogens (tertiary/aromatic N) is 3. The van der Waals surface area contributed by atoms with E-state index >= 15 is 0 Å². The molecule has 152 valence electrons. The summed E-state index contributed by atoms with van der Waals surface area (Å²) in [6.07, 6.45) is 5.66. The molecule has 3 rings (SSSR count). The highest BCUT2D eigenvalue weighted by Crippen LogP contribution is 2.13. The Morgan fingerprint density at radius 1 is 1.00 bits per heavy atom. The highest BCUT2D eigenvalue weighted by atomic mass is 16.2. The van der Waals surface area contributed by atoms with Crippen molar-refractivity contribution in [2.75, 3.05) is 23.7 Å². The molecule has 0 saturated carbocycles. The zero-order chi connectivity index (χ0) is 19.6. The Morgan fingerprint density at radius 2 is 1.82 bits per heavy atom. The fraction of sp³-hybridized carbons (Fsp3) is 0.333. The van der Waals surface area contributed by atoms with Crippen molar-refractivity contribution in [3.05, 3.63) is 54.2 Å². The molecule has 0 aliphatic heterocycles. The van der Waals surface area contributed by atoms with Crippen molar-refractivity contribution in [1.82, 2.24) is 20.3 Å². The average molecular weight is 385 g/mol. The van der Waals surface area contributed by atoms with E-state index in [1.54, 1.807) is 18.3 Å². The normalized spacial score (nSPS) is 10.6. The number of urea groups is 1. The van der Waals surface area contributed by atoms with Crippen molar-refractivity contribution < 1.29 is 9.07 Å². The summed E-state index contributed by atoms with van der Waals surface area (Å²) in [5.41, 5.74) is 2.51. The molecule has 0 unspecified atom stereocenters. The number of rotatable bonds is 9. The predicted molar refractivity (Wildman–Crippen MR) is 119 cm³/mol. The Morgan fingerprint density at radius 3 is 2.64 bits per heavy atom. The largest absolute Gasteiger partial charge is 0.369 e. The standard InChI is InChI=1S/C21H26N6O.3H2/c1-2-13-22-19-15-24-17-11-12-18(25-20(17)26-19)27-21(28)23-14-7-6-10-16-8-4-3-5-9-16;;;/h3-5,8-9,11-12,15H,2,6-7,10,13-14H2,1H3,(H3,22,23,25,26,27,28);3*1H. The summed E-state index contributed by atoms with van der Waals surface area (Å²) < 4.78 is 0. The summed E-state index contributed by atoms with van der Waals surface area (Å²) in [6, 6.07) is 13.6. The highest BCUT2D eigenvalue weighted by molar-refractivity contribution is 5.89. The van der Waals surface area contributed by atoms with Gasteiger partial charge >= 0.3 is 6.03 Å². The number of hydrogen-bond donors (Lipinski definition) is 3. The maximum absolute atomic E-state index is 12.1. The van der Waals surface area contributed by atoms with Crippen molar-refractivity contribution in [3.8, 4) is 0 Å². The fourth-order valence-electron chi connectivity index (χ4n) is 2.77. The summed E-state index contributed by atoms with van der Waals surface area (Å²) in [7, 11) is 0. The summed E-state index contributed by atoms with van der Waals surface area (Å²) in [5, 5.41) is 8.81. The SMILES string of the molecule is CCCNc1cnc2ccc(NC(=O)NCCCCc3ccccc3)nc2n1.[HH].[HH].[HH]. The van der Waals surface area contributed by atoms with E-state index in [2.05, 4.69) is 50.0 Å². The molecular formula is C21H32N6O. The van der Waals surface area contributed by atoms with Gasteiger partial charge in [0.1, 0.15) is 17.2 Å². The number of pyridine rings is 1. The van der Waals surface area contributed by atoms with Crippen LogP contribution in [0.5, 0.6) is 0 Å². The minimum atomic E-state index is -0.264. The minimum Gasteiger partial charge on any atom is -0.369 e. The molecule has 2 heterocycles. The predicted octanol–water partition coefficient (Wildman–Crippen LogP) is 4.73. The molecule has 3 aromatic rings. The van der Waals surface area contributed by atoms with Crippen LogP contribution >= 0.6 is 0 Å². The van der Waals surface area contributed by atoms with Gasteiger partial charge in [-0.2, -0.15) is 0 Å². The Hall–Kier alpha value is -3.22. The van der Waals surface area contributed by atoms with E-state index in [1.807, 2.05) is 18.2 Å². The topological polar surface area (TPSA) is 91.8 Å². The van der Waals surface area contributed by atoms with Crippen LogP contribution in [0.15, 0.2) is 48.7 Å². The third-order valence-corrected chi connectivity index (χ3v) is 4.23. The monoisotopic (exact) mass is 384 g/mol. The van der Waals surface area contributed by atoms with E-state index in [4.69, 9.17) is 0 Å². The van der Waals surface area contributed by atoms with Crippen LogP contribution < -0.4 is 16.0 Å². The van der Waals surface area contributed by atoms with Crippen LogP contribution in [-0.2, 0) is 6.42 Å². The molecule has 1 aromatic carbocycles. The second-order valence-electron chi connectivity index (χ2n) is 6.54. The molecule has 0 bridgehead atoms. The molecule has 2 amide bonds. The summed E-state index contributed by atoms with van der Waals surface area (Å²) >= 11 is 0. The number of carbonyl (C=O) groups excluding carboxylic acids is 1. The maximum Gasteiger partial charge on any atom is 0.320 e. The number of aryl methyl sites for hydroxylation is 1. The van der Waals surface area contributed by atoms with Gasteiger partial charge in [-0.05, 0) is 43.4 Å². The van der Waals surface area contributed by atoms with Gasteiger partial charge in [-0.25, -0.2) is 19.7 Å². The van der Waals surface area contributed by atoms with Gasteiger partial charge in [0.25, 0.3) is 0 Å². The second kappa shape index (κ2) is 10.2. The lowest BCUT2D eigenvalue weighted by Gasteiger charge is -2.08. The Labute approximate surface area is 169 Å². The number of carbonyl (C=O) groups is 1. The molecule has 3 N–H and O–H groups in total. The molecular weight excluding hydrogens is 352 g/mol. The molecule has 0 saturated heterocycles. The lowest BCUT2D eigenvalue weighted by atomic mass is 10.1. The number of anilines is 2. The fourth-order valence-corrected chi connectivity index (χ4v) is 2.77. The first-order valence-electron chi connectivity index (χ1n) is 9.71. The molecule has 28 heavy (non-hydrogen) atoms. The van der Waals surface area contributed by atoms with Gasteiger partial charge in [-0.3, -0.25) is 5.32 Å². The summed E-state index contributed by atoms with van der Waals surface area (Å²) in [4.78, 5) is 25.2. The van der Waals surface area contributed by atoms with Gasteiger partial charge < -0.3 is 10.6 Å². The zero-order valence-electron chi connectivity index (χ0n) is 16.1. The molecule has 0 radical (unpaired) electrons. The van der Waals surface area contributed by atoms with Gasteiger partial charge in [0.2, 0.25) is 0 Å². The van der Waals surface area contributed by atoms with Crippen molar-refractivity contribution in [3.63, 3.8) is 0 Å². The zero-order valence-corrected chi connectivity index (χ0v) is 16.1. The summed E-state index contributed by atoms with van der Waals surface area (Å²) in [5.74, 6) is 1.14. The van der Waals surface area contributed by atoms with Gasteiger partial charge in [0.15, 0.2) is 5.65 Å². The molecule has 0 aliphatic rings. The molecule has 0 fully saturated rings. The van der Waals surface area contributed by atoms with E-state index in [9.17, 15) is 4.79 Å². The van der Waals surface area contributed by atoms with E-state index in [0.29, 0.717) is 29.3 Å². The van der Waals surface area contributed by atoms with E-state index < -0.39 is 0 Å². The molecule has 0 aliphatic carbocycles. The van der Waals surface area contributed by atoms with Crippen LogP contribution in [0.25, 0.3) is 11.2 Å². The van der Waals surface area contributed by atoms with Gasteiger partial charge in [-0.15, -0.1) is 0 Å². The number of aromatic nitrogens is 3. The third-order valence-electron chi connectivity index (χ3n) is 4.23. The van der Waals surface area contributed by atoms with Crippen LogP contribution in [0.3, 0.4) is 0 Å². The van der Waals surface area contributed by atoms with E-state index in [-0.39, 0.29) is 10.3 Å². The van der Waals surface area contributed by atoms with Crippen molar-refractivity contribution in [2.45, 2.75) is 32.6 Å². The van der Waals surface area contributed by atoms with Crippen molar-refractivity contribution >= 4 is 28.8 Å². The number of nitrogens with one attached hydrogen (secondary N) is 3. The van der Waals surface area contributed by atoms with Crippen LogP contribution in [0.1, 0.15) is 36.0 Å². The van der Waals surface area contributed by atoms with E-state index in [1.165, 1.54) is 5.56 Å². The van der Waals surface area contributed by atoms with E-state index in [0.717, 1.165) is 32.2 Å². The average Bonchev–Trinajstić information content (AvgIpc) is 2.72. The Balaban J connectivity index is 0.00000300. The first-order valence-corrected chi connectivity index (χ1v) is 9.71. The minimum absolute atomic E-state index is 0. The molecule has 0 atom stereocenters. The van der Waals surface area contributed by atoms with Gasteiger partial charge in [0.05, 0.1) is 6.20 Å². The molecule has 0 spiro atoms. The van der Waals surface area contributed by atoms with Gasteiger partial charge in [-0.1, -0.05) is 37.3 Å². The second-order valence-corrected chi connectivity index (χ2v) is 6.54. The van der Waals surface area contributed by atoms with Gasteiger partial charge in [0, 0.05) is 17.4 Å². The Bertz CT molecular complexity index is 914. The number of fused-ring (bicyclic) bond motifs is 1. The number of hydrogen-bond acceptors (Lipinski definition) is 5. The van der Waals surface area contributed by atoms with Crippen LogP contribution in [0.4, 0.5) is 16.4 Å². The first-order chi connectivity index (χ1) is 13.7. The first kappa shape index (κ1) is 19.5. The third kappa shape index (κ3) is 5.90. The number of amides is 2. The van der Waals surface area contributed by atoms with Crippen molar-refractivity contribution in [2.24, 2.45) is 0 Å². The number of unbranched alkanes of at least 4 members (excludes halogenated alkanes) is 1. The van der Waals surface area contributed by atoms with Crippen LogP contribution in [0, 0.1) is 0 Å².